The van der Waals surface area contributed by atoms with Gasteiger partial charge in [0, 0.05) is 67.4 Å². The average Bonchev–Trinajstić information content (AvgIpc) is 4.09. The number of nitriles is 2. The van der Waals surface area contributed by atoms with Gasteiger partial charge in [-0.05, 0) is 49.2 Å². The van der Waals surface area contributed by atoms with Gasteiger partial charge in [0.1, 0.15) is 22.8 Å². The van der Waals surface area contributed by atoms with E-state index < -0.39 is 34.9 Å². The zero-order chi connectivity index (χ0) is 46.1. The molecule has 0 N–H and O–H groups in total. The Kier molecular flexibility index (Phi) is 15.0. The van der Waals surface area contributed by atoms with Gasteiger partial charge in [-0.15, -0.1) is 0 Å². The lowest BCUT2D eigenvalue weighted by atomic mass is 10.0. The van der Waals surface area contributed by atoms with Gasteiger partial charge in [0.2, 0.25) is 11.5 Å². The Bertz CT molecular complexity index is 3280. The molecule has 8 aromatic rings. The largest absolute Gasteiger partial charge is 0.439 e. The van der Waals surface area contributed by atoms with E-state index in [-0.39, 0.29) is 68.2 Å². The molecule has 0 amide bonds. The molecule has 0 bridgehead atoms. The summed E-state index contributed by atoms with van der Waals surface area (Å²) in [5, 5.41) is 18.3. The van der Waals surface area contributed by atoms with Crippen LogP contribution in [0.15, 0.2) is 103 Å². The van der Waals surface area contributed by atoms with Crippen LogP contribution in [0.3, 0.4) is 0 Å². The summed E-state index contributed by atoms with van der Waals surface area (Å²) >= 11 is 3.70. The number of oxazole rings is 4. The quantitative estimate of drug-likeness (QED) is 0.0890. The lowest BCUT2D eigenvalue weighted by molar-refractivity contribution is -0.137. The first kappa shape index (κ1) is 49.7. The van der Waals surface area contributed by atoms with Crippen molar-refractivity contribution in [3.8, 4) is 80.2 Å². The highest BCUT2D eigenvalue weighted by Crippen LogP contribution is 2.45. The Hall–Kier alpha value is -7.28. The number of nitrogens with zero attached hydrogens (tertiary/aromatic N) is 8. The topological polar surface area (TPSA) is 160 Å². The lowest BCUT2D eigenvalue weighted by Gasteiger charge is -2.10. The lowest BCUT2D eigenvalue weighted by Crippen LogP contribution is -2.05. The van der Waals surface area contributed by atoms with Crippen molar-refractivity contribution in [3.63, 3.8) is 0 Å². The van der Waals surface area contributed by atoms with Crippen molar-refractivity contribution < 1.29 is 44.0 Å². The van der Waals surface area contributed by atoms with Crippen LogP contribution in [0.5, 0.6) is 0 Å². The standard InChI is InChI=1S/C22H9F3I2N4O2.C22H11F3N4O2.2CH4/c1-10-7-11(3-4-13(10)9-28)16-18(32-20(26)30-16)19-17(31-21(27)33-19)12-5-6-15(29-2)14(8-12)22(23,24)25;1-12-7-13(3-4-15(12)9-26)18-20(30-10-28-18)21-19(29-11-31-21)14-5-6-17(27-2)16(8-14)22(23,24)25;;/h3-8H,1H3;3-8,10-11H,1H3;2*1H4. The molecule has 0 saturated carbocycles. The van der Waals surface area contributed by atoms with Crippen molar-refractivity contribution in [2.24, 2.45) is 0 Å². The molecule has 0 atom stereocenters. The van der Waals surface area contributed by atoms with E-state index in [0.717, 1.165) is 41.8 Å². The summed E-state index contributed by atoms with van der Waals surface area (Å²) in [6.07, 6.45) is -7.12. The van der Waals surface area contributed by atoms with Crippen molar-refractivity contribution in [1.82, 2.24) is 19.9 Å². The van der Waals surface area contributed by atoms with Crippen LogP contribution in [0, 0.1) is 57.4 Å². The fourth-order valence-electron chi connectivity index (χ4n) is 6.40. The molecular formula is C46H28F6I2N8O4. The van der Waals surface area contributed by atoms with Gasteiger partial charge in [-0.25, -0.2) is 29.6 Å². The summed E-state index contributed by atoms with van der Waals surface area (Å²) in [5.74, 6) is 0.574. The van der Waals surface area contributed by atoms with Gasteiger partial charge in [-0.2, -0.15) is 36.9 Å². The number of rotatable bonds is 6. The fourth-order valence-corrected chi connectivity index (χ4v) is 7.32. The number of benzene rings is 4. The average molecular weight is 1120 g/mol. The molecule has 8 rings (SSSR count). The monoisotopic (exact) mass is 1120 g/mol. The Morgan fingerprint density at radius 1 is 0.545 bits per heavy atom. The van der Waals surface area contributed by atoms with Gasteiger partial charge in [0.25, 0.3) is 7.79 Å². The third kappa shape index (κ3) is 10.00. The molecular weight excluding hydrogens is 1100 g/mol. The van der Waals surface area contributed by atoms with Crippen LogP contribution in [-0.4, -0.2) is 19.9 Å². The highest BCUT2D eigenvalue weighted by Gasteiger charge is 2.36. The number of aromatic nitrogens is 4. The molecule has 0 saturated heterocycles. The van der Waals surface area contributed by atoms with Crippen LogP contribution in [0.1, 0.15) is 48.2 Å². The molecule has 0 fully saturated rings. The van der Waals surface area contributed by atoms with Gasteiger partial charge in [-0.3, -0.25) is 0 Å². The SMILES string of the molecule is C.C.[C-]#[N+]c1ccc(-c2nc(I)oc2-c2oc(I)nc2-c2ccc(C#N)c(C)c2)cc1C(F)(F)F.[C-]#[N+]c1ccc(-c2ncoc2-c2ocnc2-c2ccc(C#N)c(C)c2)cc1C(F)(F)F. The van der Waals surface area contributed by atoms with Crippen LogP contribution < -0.4 is 0 Å². The second kappa shape index (κ2) is 19.9. The zero-order valence-corrected chi connectivity index (χ0v) is 36.6. The van der Waals surface area contributed by atoms with E-state index in [9.17, 15) is 31.6 Å². The van der Waals surface area contributed by atoms with Gasteiger partial charge in [-0.1, -0.05) is 63.4 Å². The summed E-state index contributed by atoms with van der Waals surface area (Å²) in [5.41, 5.74) is 1.89. The number of hydrogen-bond donors (Lipinski definition) is 0. The number of hydrogen-bond acceptors (Lipinski definition) is 10. The maximum absolute atomic E-state index is 13.5. The van der Waals surface area contributed by atoms with Crippen LogP contribution >= 0.6 is 45.2 Å². The second-order valence-electron chi connectivity index (χ2n) is 13.3. The molecule has 4 aromatic heterocycles. The third-order valence-corrected chi connectivity index (χ3v) is 10.3. The van der Waals surface area contributed by atoms with E-state index in [4.69, 9.17) is 36.1 Å². The predicted molar refractivity (Wildman–Crippen MR) is 246 cm³/mol. The van der Waals surface area contributed by atoms with Gasteiger partial charge in [0.05, 0.1) is 47.5 Å². The number of aryl methyl sites for hydroxylation is 2. The van der Waals surface area contributed by atoms with Crippen molar-refractivity contribution in [2.45, 2.75) is 41.1 Å². The fraction of sp³-hybridized carbons (Fsp3) is 0.130. The van der Waals surface area contributed by atoms with Crippen LogP contribution in [0.4, 0.5) is 37.7 Å². The van der Waals surface area contributed by atoms with Crippen LogP contribution in [0.25, 0.3) is 77.8 Å². The van der Waals surface area contributed by atoms with Gasteiger partial charge in [0.15, 0.2) is 35.7 Å². The van der Waals surface area contributed by atoms with E-state index in [0.29, 0.717) is 33.6 Å². The summed E-state index contributed by atoms with van der Waals surface area (Å²) in [6.45, 7) is 17.6. The second-order valence-corrected chi connectivity index (χ2v) is 15.2. The molecule has 0 aliphatic carbocycles. The van der Waals surface area contributed by atoms with Crippen LogP contribution in [-0.2, 0) is 12.4 Å². The number of halogens is 8. The smallest absolute Gasteiger partial charge is 0.407 e. The first-order chi connectivity index (χ1) is 30.4. The Labute approximate surface area is 399 Å². The van der Waals surface area contributed by atoms with Crippen molar-refractivity contribution in [2.75, 3.05) is 0 Å². The van der Waals surface area contributed by atoms with E-state index in [1.54, 1.807) is 50.2 Å². The van der Waals surface area contributed by atoms with Gasteiger partial charge < -0.3 is 17.7 Å². The molecule has 0 spiro atoms. The minimum absolute atomic E-state index is 0. The van der Waals surface area contributed by atoms with E-state index >= 15 is 0 Å². The van der Waals surface area contributed by atoms with Crippen molar-refractivity contribution >= 4 is 56.6 Å². The first-order valence-corrected chi connectivity index (χ1v) is 20.0. The maximum Gasteiger partial charge on any atom is 0.407 e. The van der Waals surface area contributed by atoms with Crippen LogP contribution in [0.2, 0.25) is 0 Å². The Morgan fingerprint density at radius 2 is 0.894 bits per heavy atom. The van der Waals surface area contributed by atoms with Crippen molar-refractivity contribution in [1.29, 1.82) is 10.5 Å². The predicted octanol–water partition coefficient (Wildman–Crippen LogP) is 15.3. The summed E-state index contributed by atoms with van der Waals surface area (Å²) < 4.78 is 104. The minimum atomic E-state index is -4.71. The van der Waals surface area contributed by atoms with Gasteiger partial charge >= 0.3 is 12.4 Å². The molecule has 0 aliphatic heterocycles. The summed E-state index contributed by atoms with van der Waals surface area (Å²) in [6, 6.07) is 21.1. The molecule has 4 aromatic carbocycles. The highest BCUT2D eigenvalue weighted by atomic mass is 127. The molecule has 0 unspecified atom stereocenters. The third-order valence-electron chi connectivity index (χ3n) is 9.38. The number of alkyl halides is 6. The molecule has 12 nitrogen and oxygen atoms in total. The molecule has 20 heteroatoms. The van der Waals surface area contributed by atoms with E-state index in [1.807, 2.05) is 45.2 Å². The molecule has 0 radical (unpaired) electrons. The zero-order valence-electron chi connectivity index (χ0n) is 32.3. The summed E-state index contributed by atoms with van der Waals surface area (Å²) in [4.78, 5) is 22.8. The Balaban J connectivity index is 0.000000241. The molecule has 4 heterocycles. The maximum atomic E-state index is 13.5. The Morgan fingerprint density at radius 3 is 1.24 bits per heavy atom. The minimum Gasteiger partial charge on any atom is -0.439 e. The van der Waals surface area contributed by atoms with Crippen molar-refractivity contribution in [3.05, 3.63) is 150 Å². The molecule has 0 aliphatic rings. The highest BCUT2D eigenvalue weighted by molar-refractivity contribution is 14.1. The first-order valence-electron chi connectivity index (χ1n) is 17.9. The normalized spacial score (nSPS) is 10.9. The van der Waals surface area contributed by atoms with E-state index in [2.05, 4.69) is 41.8 Å². The summed E-state index contributed by atoms with van der Waals surface area (Å²) in [7, 11) is 0. The molecule has 332 valence electrons. The van der Waals surface area contributed by atoms with E-state index in [1.165, 1.54) is 18.5 Å². The molecule has 66 heavy (non-hydrogen) atoms.